The van der Waals surface area contributed by atoms with E-state index >= 15 is 0 Å². The largest absolute Gasteiger partial charge is 0.494 e. The number of benzene rings is 1. The number of carbonyl (C=O) groups is 1. The smallest absolute Gasteiger partial charge is 0.259 e. The van der Waals surface area contributed by atoms with Gasteiger partial charge in [-0.05, 0) is 50.5 Å². The number of aryl methyl sites for hydroxylation is 2. The summed E-state index contributed by atoms with van der Waals surface area (Å²) in [4.78, 5) is 14.7. The lowest BCUT2D eigenvalue weighted by atomic mass is 10.1. The zero-order valence-corrected chi connectivity index (χ0v) is 17.8. The summed E-state index contributed by atoms with van der Waals surface area (Å²) in [5.41, 5.74) is 3.98. The van der Waals surface area contributed by atoms with Crippen LogP contribution >= 0.6 is 0 Å². The number of halogens is 1. The second-order valence-corrected chi connectivity index (χ2v) is 7.23. The van der Waals surface area contributed by atoms with Gasteiger partial charge in [-0.25, -0.2) is 4.39 Å². The molecule has 2 aromatic heterocycles. The van der Waals surface area contributed by atoms with E-state index in [4.69, 9.17) is 9.26 Å². The van der Waals surface area contributed by atoms with Crippen LogP contribution in [0.15, 0.2) is 22.7 Å². The van der Waals surface area contributed by atoms with Crippen molar-refractivity contribution in [3.8, 4) is 17.1 Å². The van der Waals surface area contributed by atoms with Gasteiger partial charge in [0.1, 0.15) is 5.56 Å². The van der Waals surface area contributed by atoms with Crippen LogP contribution in [0, 0.1) is 19.7 Å². The van der Waals surface area contributed by atoms with E-state index in [0.717, 1.165) is 24.2 Å². The molecule has 0 saturated heterocycles. The van der Waals surface area contributed by atoms with Crippen LogP contribution in [-0.4, -0.2) is 49.0 Å². The predicted octanol–water partition coefficient (Wildman–Crippen LogP) is 3.26. The SMILES string of the molecule is COc1cc(-c2onc(N(C)C)c2C(=O)NCCCc2c(C)n[nH]c2C)ccc1F. The maximum Gasteiger partial charge on any atom is 0.259 e. The summed E-state index contributed by atoms with van der Waals surface area (Å²) in [6.45, 7) is 4.42. The molecule has 1 aromatic carbocycles. The Labute approximate surface area is 174 Å². The van der Waals surface area contributed by atoms with Gasteiger partial charge in [-0.2, -0.15) is 5.10 Å². The maximum absolute atomic E-state index is 13.8. The maximum atomic E-state index is 13.8. The van der Waals surface area contributed by atoms with Gasteiger partial charge in [-0.3, -0.25) is 9.89 Å². The number of nitrogens with one attached hydrogen (secondary N) is 2. The van der Waals surface area contributed by atoms with Gasteiger partial charge in [0.25, 0.3) is 5.91 Å². The van der Waals surface area contributed by atoms with E-state index in [1.54, 1.807) is 19.0 Å². The standard InChI is InChI=1S/C21H26FN5O3/c1-12-15(13(2)25-24-12)7-6-10-23-21(28)18-19(30-26-20(18)27(3)4)14-8-9-16(22)17(11-14)29-5/h8-9,11H,6-7,10H2,1-5H3,(H,23,28)(H,24,25). The van der Waals surface area contributed by atoms with E-state index in [1.165, 1.54) is 30.9 Å². The van der Waals surface area contributed by atoms with Crippen LogP contribution in [0.2, 0.25) is 0 Å². The first-order chi connectivity index (χ1) is 14.3. The number of aromatic amines is 1. The summed E-state index contributed by atoms with van der Waals surface area (Å²) in [6.07, 6.45) is 1.57. The van der Waals surface area contributed by atoms with E-state index in [9.17, 15) is 9.18 Å². The molecule has 3 aromatic rings. The van der Waals surface area contributed by atoms with E-state index in [0.29, 0.717) is 23.5 Å². The average Bonchev–Trinajstić information content (AvgIpc) is 3.30. The minimum Gasteiger partial charge on any atom is -0.494 e. The van der Waals surface area contributed by atoms with Gasteiger partial charge in [0.05, 0.1) is 12.8 Å². The van der Waals surface area contributed by atoms with Crippen molar-refractivity contribution in [3.63, 3.8) is 0 Å². The summed E-state index contributed by atoms with van der Waals surface area (Å²) in [7, 11) is 4.92. The lowest BCUT2D eigenvalue weighted by molar-refractivity contribution is 0.0954. The third-order valence-corrected chi connectivity index (χ3v) is 4.91. The summed E-state index contributed by atoms with van der Waals surface area (Å²) in [5.74, 6) is -0.0841. The van der Waals surface area contributed by atoms with Gasteiger partial charge in [0.15, 0.2) is 23.1 Å². The molecule has 0 bridgehead atoms. The molecule has 0 atom stereocenters. The first-order valence-corrected chi connectivity index (χ1v) is 9.63. The minimum absolute atomic E-state index is 0.0625. The number of carbonyl (C=O) groups excluding carboxylic acids is 1. The van der Waals surface area contributed by atoms with Crippen LogP contribution in [0.1, 0.15) is 33.7 Å². The number of anilines is 1. The van der Waals surface area contributed by atoms with Gasteiger partial charge >= 0.3 is 0 Å². The molecule has 0 aliphatic heterocycles. The number of rotatable bonds is 8. The van der Waals surface area contributed by atoms with Crippen LogP contribution in [0.5, 0.6) is 5.75 Å². The Bertz CT molecular complexity index is 1020. The Morgan fingerprint density at radius 2 is 2.10 bits per heavy atom. The Morgan fingerprint density at radius 1 is 1.33 bits per heavy atom. The number of H-pyrrole nitrogens is 1. The van der Waals surface area contributed by atoms with E-state index in [2.05, 4.69) is 20.7 Å². The first kappa shape index (κ1) is 21.4. The molecule has 9 heteroatoms. The summed E-state index contributed by atoms with van der Waals surface area (Å²) >= 11 is 0. The highest BCUT2D eigenvalue weighted by atomic mass is 19.1. The third-order valence-electron chi connectivity index (χ3n) is 4.91. The van der Waals surface area contributed by atoms with Gasteiger partial charge < -0.3 is 19.5 Å². The van der Waals surface area contributed by atoms with Crippen LogP contribution in [-0.2, 0) is 6.42 Å². The molecule has 160 valence electrons. The molecule has 1 amide bonds. The lowest BCUT2D eigenvalue weighted by Crippen LogP contribution is -2.27. The number of aromatic nitrogens is 3. The fraction of sp³-hybridized carbons (Fsp3) is 0.381. The monoisotopic (exact) mass is 415 g/mol. The van der Waals surface area contributed by atoms with Crippen LogP contribution in [0.25, 0.3) is 11.3 Å². The van der Waals surface area contributed by atoms with E-state index in [1.807, 2.05) is 13.8 Å². The van der Waals surface area contributed by atoms with Crippen LogP contribution in [0.4, 0.5) is 10.2 Å². The number of ether oxygens (including phenoxy) is 1. The quantitative estimate of drug-likeness (QED) is 0.548. The molecule has 0 radical (unpaired) electrons. The van der Waals surface area contributed by atoms with Crippen LogP contribution in [0.3, 0.4) is 0 Å². The van der Waals surface area contributed by atoms with Gasteiger partial charge in [-0.15, -0.1) is 0 Å². The number of hydrogen-bond acceptors (Lipinski definition) is 6. The predicted molar refractivity (Wildman–Crippen MR) is 111 cm³/mol. The van der Waals surface area contributed by atoms with Crippen molar-refractivity contribution in [3.05, 3.63) is 46.5 Å². The third kappa shape index (κ3) is 4.29. The summed E-state index contributed by atoms with van der Waals surface area (Å²) in [6, 6.07) is 4.28. The molecule has 2 N–H and O–H groups in total. The number of amides is 1. The topological polar surface area (TPSA) is 96.3 Å². The first-order valence-electron chi connectivity index (χ1n) is 9.63. The average molecular weight is 415 g/mol. The van der Waals surface area contributed by atoms with E-state index < -0.39 is 5.82 Å². The Balaban J connectivity index is 1.78. The number of methoxy groups -OCH3 is 1. The van der Waals surface area contributed by atoms with Crippen molar-refractivity contribution in [1.29, 1.82) is 0 Å². The van der Waals surface area contributed by atoms with Crippen molar-refractivity contribution < 1.29 is 18.4 Å². The zero-order valence-electron chi connectivity index (χ0n) is 17.8. The Hall–Kier alpha value is -3.36. The Kier molecular flexibility index (Phi) is 6.39. The fourth-order valence-electron chi connectivity index (χ4n) is 3.29. The molecule has 0 unspecified atom stereocenters. The van der Waals surface area contributed by atoms with Gasteiger partial charge in [-0.1, -0.05) is 5.16 Å². The number of nitrogens with zero attached hydrogens (tertiary/aromatic N) is 3. The molecule has 8 nitrogen and oxygen atoms in total. The van der Waals surface area contributed by atoms with Crippen molar-refractivity contribution >= 4 is 11.7 Å². The number of hydrogen-bond donors (Lipinski definition) is 2. The molecule has 3 rings (SSSR count). The molecule has 0 spiro atoms. The van der Waals surface area contributed by atoms with Crippen molar-refractivity contribution in [1.82, 2.24) is 20.7 Å². The molecule has 0 aliphatic rings. The zero-order chi connectivity index (χ0) is 21.8. The molecule has 0 saturated carbocycles. The molecule has 2 heterocycles. The second kappa shape index (κ2) is 8.98. The molecule has 0 aliphatic carbocycles. The van der Waals surface area contributed by atoms with Gasteiger partial charge in [0.2, 0.25) is 0 Å². The highest BCUT2D eigenvalue weighted by molar-refractivity contribution is 6.04. The summed E-state index contributed by atoms with van der Waals surface area (Å²) in [5, 5.41) is 14.1. The van der Waals surface area contributed by atoms with Crippen molar-refractivity contribution in [2.45, 2.75) is 26.7 Å². The normalized spacial score (nSPS) is 10.9. The molecule has 30 heavy (non-hydrogen) atoms. The molecular weight excluding hydrogens is 389 g/mol. The van der Waals surface area contributed by atoms with Crippen molar-refractivity contribution in [2.75, 3.05) is 32.6 Å². The van der Waals surface area contributed by atoms with Gasteiger partial charge in [0, 0.05) is 31.9 Å². The second-order valence-electron chi connectivity index (χ2n) is 7.23. The fourth-order valence-corrected chi connectivity index (χ4v) is 3.29. The van der Waals surface area contributed by atoms with E-state index in [-0.39, 0.29) is 17.4 Å². The molecule has 0 fully saturated rings. The highest BCUT2D eigenvalue weighted by Gasteiger charge is 2.26. The molecular formula is C21H26FN5O3. The van der Waals surface area contributed by atoms with Crippen molar-refractivity contribution in [2.24, 2.45) is 0 Å². The summed E-state index contributed by atoms with van der Waals surface area (Å²) < 4.78 is 24.3. The minimum atomic E-state index is -0.496. The highest BCUT2D eigenvalue weighted by Crippen LogP contribution is 2.33. The van der Waals surface area contributed by atoms with Crippen LogP contribution < -0.4 is 15.0 Å². The lowest BCUT2D eigenvalue weighted by Gasteiger charge is -2.12. The Morgan fingerprint density at radius 3 is 2.73 bits per heavy atom.